The number of fused-ring (bicyclic) bond motifs is 1. The number of benzene rings is 1. The average Bonchev–Trinajstić information content (AvgIpc) is 2.60. The molecule has 1 heterocycles. The molecule has 0 atom stereocenters. The minimum Gasteiger partial charge on any atom is -0.469 e. The van der Waals surface area contributed by atoms with Crippen molar-refractivity contribution in [3.63, 3.8) is 0 Å². The van der Waals surface area contributed by atoms with E-state index in [2.05, 4.69) is 15.0 Å². The lowest BCUT2D eigenvalue weighted by molar-refractivity contribution is -0.140. The Morgan fingerprint density at radius 1 is 1.21 bits per heavy atom. The van der Waals surface area contributed by atoms with Crippen molar-refractivity contribution in [2.24, 2.45) is 0 Å². The molecule has 0 saturated carbocycles. The number of aromatic nitrogens is 2. The number of methoxy groups -OCH3 is 1. The van der Waals surface area contributed by atoms with Crippen molar-refractivity contribution in [3.05, 3.63) is 40.8 Å². The maximum atomic E-state index is 12.0. The Morgan fingerprint density at radius 3 is 2.79 bits per heavy atom. The molecule has 0 fully saturated rings. The SMILES string of the molecule is COC(=O)CCCCCNC(=O)Cn1c(=O)cnc2ccccc21. The summed E-state index contributed by atoms with van der Waals surface area (Å²) in [5.74, 6) is -0.440. The Kier molecular flexibility index (Phi) is 6.48. The molecule has 7 nitrogen and oxygen atoms in total. The molecule has 0 unspecified atom stereocenters. The van der Waals surface area contributed by atoms with Crippen LogP contribution in [0.4, 0.5) is 0 Å². The first-order valence-electron chi connectivity index (χ1n) is 7.90. The number of amides is 1. The second-order valence-corrected chi connectivity index (χ2v) is 5.41. The van der Waals surface area contributed by atoms with Crippen LogP contribution in [0, 0.1) is 0 Å². The Morgan fingerprint density at radius 2 is 2.00 bits per heavy atom. The third-order valence-corrected chi connectivity index (χ3v) is 3.66. The van der Waals surface area contributed by atoms with E-state index in [-0.39, 0.29) is 24.0 Å². The number of hydrogen-bond donors (Lipinski definition) is 1. The summed E-state index contributed by atoms with van der Waals surface area (Å²) in [6, 6.07) is 7.20. The first-order chi connectivity index (χ1) is 11.6. The predicted octanol–water partition coefficient (Wildman–Crippen LogP) is 1.25. The summed E-state index contributed by atoms with van der Waals surface area (Å²) in [7, 11) is 1.37. The fraction of sp³-hybridized carbons (Fsp3) is 0.412. The van der Waals surface area contributed by atoms with E-state index in [1.807, 2.05) is 6.07 Å². The first-order valence-corrected chi connectivity index (χ1v) is 7.90. The summed E-state index contributed by atoms with van der Waals surface area (Å²) in [4.78, 5) is 39.0. The largest absolute Gasteiger partial charge is 0.469 e. The summed E-state index contributed by atoms with van der Waals surface area (Å²) in [6.07, 6.45) is 3.95. The molecule has 0 aliphatic heterocycles. The lowest BCUT2D eigenvalue weighted by Gasteiger charge is -2.10. The molecule has 1 amide bonds. The van der Waals surface area contributed by atoms with E-state index < -0.39 is 0 Å². The molecule has 0 aliphatic rings. The number of nitrogens with one attached hydrogen (secondary N) is 1. The average molecular weight is 331 g/mol. The number of esters is 1. The van der Waals surface area contributed by atoms with Crippen LogP contribution in [-0.2, 0) is 20.9 Å². The van der Waals surface area contributed by atoms with Crippen molar-refractivity contribution in [1.29, 1.82) is 0 Å². The third-order valence-electron chi connectivity index (χ3n) is 3.66. The maximum absolute atomic E-state index is 12.0. The van der Waals surface area contributed by atoms with Crippen molar-refractivity contribution in [2.45, 2.75) is 32.2 Å². The van der Waals surface area contributed by atoms with Gasteiger partial charge in [0.05, 0.1) is 24.3 Å². The van der Waals surface area contributed by atoms with E-state index in [1.54, 1.807) is 18.2 Å². The van der Waals surface area contributed by atoms with Gasteiger partial charge in [0.25, 0.3) is 5.56 Å². The molecule has 1 aromatic heterocycles. The topological polar surface area (TPSA) is 90.3 Å². The second kappa shape index (κ2) is 8.81. The number of carbonyl (C=O) groups is 2. The molecule has 1 aromatic carbocycles. The number of hydrogen-bond acceptors (Lipinski definition) is 5. The van der Waals surface area contributed by atoms with Crippen LogP contribution in [0.2, 0.25) is 0 Å². The lowest BCUT2D eigenvalue weighted by Crippen LogP contribution is -2.33. The molecule has 1 N–H and O–H groups in total. The summed E-state index contributed by atoms with van der Waals surface area (Å²) < 4.78 is 5.97. The molecule has 0 saturated heterocycles. The van der Waals surface area contributed by atoms with Crippen LogP contribution in [-0.4, -0.2) is 35.1 Å². The molecule has 0 bridgehead atoms. The highest BCUT2D eigenvalue weighted by Crippen LogP contribution is 2.07. The quantitative estimate of drug-likeness (QED) is 0.581. The van der Waals surface area contributed by atoms with Gasteiger partial charge in [-0.3, -0.25) is 19.0 Å². The number of para-hydroxylation sites is 2. The van der Waals surface area contributed by atoms with Crippen molar-refractivity contribution in [2.75, 3.05) is 13.7 Å². The Balaban J connectivity index is 1.82. The summed E-state index contributed by atoms with van der Waals surface area (Å²) >= 11 is 0. The molecule has 0 aliphatic carbocycles. The van der Waals surface area contributed by atoms with Gasteiger partial charge in [-0.25, -0.2) is 4.98 Å². The monoisotopic (exact) mass is 331 g/mol. The van der Waals surface area contributed by atoms with Gasteiger partial charge in [0.1, 0.15) is 6.54 Å². The third kappa shape index (κ3) is 4.91. The van der Waals surface area contributed by atoms with Crippen molar-refractivity contribution >= 4 is 22.9 Å². The van der Waals surface area contributed by atoms with Crippen LogP contribution in [0.1, 0.15) is 25.7 Å². The highest BCUT2D eigenvalue weighted by Gasteiger charge is 2.08. The standard InChI is InChI=1S/C17H21N3O4/c1-24-17(23)9-3-2-6-10-18-15(21)12-20-14-8-5-4-7-13(14)19-11-16(20)22/h4-5,7-8,11H,2-3,6,9-10,12H2,1H3,(H,18,21). The van der Waals surface area contributed by atoms with E-state index in [0.717, 1.165) is 19.3 Å². The van der Waals surface area contributed by atoms with Crippen LogP contribution >= 0.6 is 0 Å². The zero-order valence-corrected chi connectivity index (χ0v) is 13.7. The molecule has 0 radical (unpaired) electrons. The van der Waals surface area contributed by atoms with Crippen LogP contribution < -0.4 is 10.9 Å². The fourth-order valence-electron chi connectivity index (χ4n) is 2.38. The van der Waals surface area contributed by atoms with Crippen LogP contribution in [0.3, 0.4) is 0 Å². The number of ether oxygens (including phenoxy) is 1. The minimum atomic E-state index is -0.304. The van der Waals surface area contributed by atoms with Gasteiger partial charge in [-0.2, -0.15) is 0 Å². The van der Waals surface area contributed by atoms with Crippen LogP contribution in [0.15, 0.2) is 35.3 Å². The Bertz CT molecular complexity index is 770. The molecular formula is C17H21N3O4. The van der Waals surface area contributed by atoms with Gasteiger partial charge in [-0.1, -0.05) is 18.6 Å². The number of carbonyl (C=O) groups excluding carboxylic acids is 2. The van der Waals surface area contributed by atoms with E-state index in [4.69, 9.17) is 0 Å². The van der Waals surface area contributed by atoms with Gasteiger partial charge in [-0.15, -0.1) is 0 Å². The highest BCUT2D eigenvalue weighted by molar-refractivity contribution is 5.79. The number of nitrogens with zero attached hydrogens (tertiary/aromatic N) is 2. The molecule has 0 spiro atoms. The van der Waals surface area contributed by atoms with E-state index >= 15 is 0 Å². The summed E-state index contributed by atoms with van der Waals surface area (Å²) in [5, 5.41) is 2.79. The molecule has 7 heteroatoms. The molecule has 128 valence electrons. The zero-order chi connectivity index (χ0) is 17.4. The van der Waals surface area contributed by atoms with Gasteiger partial charge in [-0.05, 0) is 25.0 Å². The molecule has 2 aromatic rings. The van der Waals surface area contributed by atoms with Crippen molar-refractivity contribution in [1.82, 2.24) is 14.9 Å². The van der Waals surface area contributed by atoms with E-state index in [9.17, 15) is 14.4 Å². The maximum Gasteiger partial charge on any atom is 0.305 e. The lowest BCUT2D eigenvalue weighted by atomic mass is 10.2. The zero-order valence-electron chi connectivity index (χ0n) is 13.7. The minimum absolute atomic E-state index is 0.0377. The normalized spacial score (nSPS) is 10.5. The Hall–Kier alpha value is -2.70. The molecular weight excluding hydrogens is 310 g/mol. The summed E-state index contributed by atoms with van der Waals surface area (Å²) in [6.45, 7) is 0.474. The van der Waals surface area contributed by atoms with Gasteiger partial charge < -0.3 is 10.1 Å². The smallest absolute Gasteiger partial charge is 0.305 e. The Labute approximate surface area is 139 Å². The van der Waals surface area contributed by atoms with Crippen LogP contribution in [0.5, 0.6) is 0 Å². The molecule has 2 rings (SSSR count). The predicted molar refractivity (Wildman–Crippen MR) is 89.5 cm³/mol. The van der Waals surface area contributed by atoms with Crippen molar-refractivity contribution < 1.29 is 14.3 Å². The van der Waals surface area contributed by atoms with Gasteiger partial charge >= 0.3 is 5.97 Å². The van der Waals surface area contributed by atoms with E-state index in [1.165, 1.54) is 17.9 Å². The fourth-order valence-corrected chi connectivity index (χ4v) is 2.38. The second-order valence-electron chi connectivity index (χ2n) is 5.41. The summed E-state index contributed by atoms with van der Waals surface area (Å²) in [5.41, 5.74) is 1.01. The number of unbranched alkanes of at least 4 members (excludes halogenated alkanes) is 2. The van der Waals surface area contributed by atoms with Crippen molar-refractivity contribution in [3.8, 4) is 0 Å². The van der Waals surface area contributed by atoms with Gasteiger partial charge in [0.15, 0.2) is 0 Å². The van der Waals surface area contributed by atoms with Gasteiger partial charge in [0, 0.05) is 13.0 Å². The highest BCUT2D eigenvalue weighted by atomic mass is 16.5. The first kappa shape index (κ1) is 17.7. The van der Waals surface area contributed by atoms with Gasteiger partial charge in [0.2, 0.25) is 5.91 Å². The number of rotatable bonds is 8. The molecule has 24 heavy (non-hydrogen) atoms. The van der Waals surface area contributed by atoms with Crippen LogP contribution in [0.25, 0.3) is 11.0 Å². The van der Waals surface area contributed by atoms with E-state index in [0.29, 0.717) is 24.0 Å².